The third kappa shape index (κ3) is 3.68. The average Bonchev–Trinajstić information content (AvgIpc) is 3.19. The lowest BCUT2D eigenvalue weighted by atomic mass is 10.1. The highest BCUT2D eigenvalue weighted by Gasteiger charge is 2.45. The molecule has 2 heterocycles. The zero-order valence-corrected chi connectivity index (χ0v) is 19.9. The van der Waals surface area contributed by atoms with Gasteiger partial charge in [-0.3, -0.25) is 4.67 Å². The van der Waals surface area contributed by atoms with E-state index in [1.807, 2.05) is 36.4 Å². The van der Waals surface area contributed by atoms with Gasteiger partial charge in [-0.2, -0.15) is 0 Å². The fourth-order valence-electron chi connectivity index (χ4n) is 4.30. The van der Waals surface area contributed by atoms with Gasteiger partial charge in [-0.15, -0.1) is 5.10 Å². The molecule has 0 aliphatic carbocycles. The highest BCUT2D eigenvalue weighted by molar-refractivity contribution is 8.20. The number of likely N-dealkylation sites (tertiary alicyclic amines) is 1. The van der Waals surface area contributed by atoms with Crippen LogP contribution in [-0.4, -0.2) is 31.1 Å². The van der Waals surface area contributed by atoms with Gasteiger partial charge in [0, 0.05) is 18.4 Å². The molecule has 1 unspecified atom stereocenters. The van der Waals surface area contributed by atoms with Crippen molar-refractivity contribution in [1.82, 2.24) is 4.90 Å². The van der Waals surface area contributed by atoms with Crippen molar-refractivity contribution in [1.29, 1.82) is 0 Å². The molecule has 1 atom stereocenters. The smallest absolute Gasteiger partial charge is 0.230 e. The summed E-state index contributed by atoms with van der Waals surface area (Å²) in [6, 6.07) is 29.0. The Morgan fingerprint density at radius 3 is 1.97 bits per heavy atom. The van der Waals surface area contributed by atoms with Crippen LogP contribution in [0, 0.1) is 0 Å². The van der Waals surface area contributed by atoms with E-state index in [0.29, 0.717) is 0 Å². The maximum Gasteiger partial charge on any atom is 0.230 e. The number of ether oxygens (including phenoxy) is 1. The maximum absolute atomic E-state index is 6.65. The zero-order valence-electron chi connectivity index (χ0n) is 18.2. The Hall–Kier alpha value is -2.82. The highest BCUT2D eigenvalue weighted by atomic mass is 32.4. The molecule has 1 fully saturated rings. The van der Waals surface area contributed by atoms with E-state index in [9.17, 15) is 0 Å². The Bertz CT molecular complexity index is 1130. The molecule has 0 aromatic heterocycles. The predicted molar refractivity (Wildman–Crippen MR) is 138 cm³/mol. The molecule has 5 rings (SSSR count). The molecule has 164 valence electrons. The number of rotatable bonds is 4. The minimum atomic E-state index is -2.54. The van der Waals surface area contributed by atoms with Gasteiger partial charge in [-0.1, -0.05) is 36.4 Å². The largest absolute Gasteiger partial charge is 0.497 e. The van der Waals surface area contributed by atoms with Gasteiger partial charge in [0.25, 0.3) is 0 Å². The van der Waals surface area contributed by atoms with E-state index < -0.39 is 6.34 Å². The summed E-state index contributed by atoms with van der Waals surface area (Å²) >= 11 is 6.65. The fourth-order valence-corrected chi connectivity index (χ4v) is 8.22. The summed E-state index contributed by atoms with van der Waals surface area (Å²) in [4.78, 5) is 2.41. The molecule has 0 amide bonds. The second-order valence-electron chi connectivity index (χ2n) is 7.96. The van der Waals surface area contributed by atoms with Crippen LogP contribution in [0.2, 0.25) is 0 Å². The van der Waals surface area contributed by atoms with Gasteiger partial charge in [0.2, 0.25) is 5.96 Å². The van der Waals surface area contributed by atoms with E-state index >= 15 is 0 Å². The number of hydrogen-bond acceptors (Lipinski definition) is 4. The molecule has 32 heavy (non-hydrogen) atoms. The normalized spacial score (nSPS) is 20.9. The van der Waals surface area contributed by atoms with E-state index in [-0.39, 0.29) is 0 Å². The SMILES string of the molecule is COc1ccc(P2(=S)N(c3ccccc3)N=C(N3CCCCC3)N2c2ccccc2)cc1. The molecule has 3 aromatic rings. The Morgan fingerprint density at radius 2 is 1.38 bits per heavy atom. The van der Waals surface area contributed by atoms with Gasteiger partial charge in [0.15, 0.2) is 6.34 Å². The molecule has 3 aromatic carbocycles. The first-order chi connectivity index (χ1) is 15.7. The van der Waals surface area contributed by atoms with Crippen LogP contribution in [0.4, 0.5) is 11.4 Å². The van der Waals surface area contributed by atoms with Crippen LogP contribution >= 0.6 is 6.34 Å². The van der Waals surface area contributed by atoms with Gasteiger partial charge in [-0.25, -0.2) is 4.78 Å². The van der Waals surface area contributed by atoms with Gasteiger partial charge in [0.05, 0.1) is 18.5 Å². The van der Waals surface area contributed by atoms with Crippen LogP contribution in [0.25, 0.3) is 0 Å². The van der Waals surface area contributed by atoms with Crippen molar-refractivity contribution >= 4 is 40.8 Å². The van der Waals surface area contributed by atoms with Crippen LogP contribution in [-0.2, 0) is 11.8 Å². The molecule has 0 saturated carbocycles. The van der Waals surface area contributed by atoms with E-state index in [2.05, 4.69) is 62.9 Å². The lowest BCUT2D eigenvalue weighted by molar-refractivity contribution is 0.339. The number of hydrazone groups is 1. The van der Waals surface area contributed by atoms with Crippen LogP contribution < -0.4 is 19.5 Å². The van der Waals surface area contributed by atoms with Crippen LogP contribution in [0.1, 0.15) is 19.3 Å². The van der Waals surface area contributed by atoms with Crippen LogP contribution in [0.5, 0.6) is 5.75 Å². The number of hydrogen-bond donors (Lipinski definition) is 0. The Balaban J connectivity index is 1.71. The Kier molecular flexibility index (Phi) is 5.90. The van der Waals surface area contributed by atoms with E-state index in [1.54, 1.807) is 7.11 Å². The monoisotopic (exact) mass is 462 g/mol. The Morgan fingerprint density at radius 1 is 0.781 bits per heavy atom. The summed E-state index contributed by atoms with van der Waals surface area (Å²) in [5, 5.41) is 6.31. The molecular formula is C25H27N4OPS. The summed E-state index contributed by atoms with van der Waals surface area (Å²) in [6.07, 6.45) is 1.09. The molecular weight excluding hydrogens is 435 g/mol. The third-order valence-electron chi connectivity index (χ3n) is 5.94. The zero-order chi connectivity index (χ0) is 22.0. The molecule has 1 saturated heterocycles. The third-order valence-corrected chi connectivity index (χ3v) is 10.3. The van der Waals surface area contributed by atoms with Gasteiger partial charge in [0.1, 0.15) is 5.75 Å². The first-order valence-corrected chi connectivity index (χ1v) is 13.7. The van der Waals surface area contributed by atoms with Crippen LogP contribution in [0.3, 0.4) is 0 Å². The average molecular weight is 463 g/mol. The van der Waals surface area contributed by atoms with Gasteiger partial charge < -0.3 is 9.64 Å². The standard InChI is InChI=1S/C25H27N4OPS/c1-30-23-15-17-24(18-16-23)31(32)28(21-11-5-2-6-12-21)25(27-19-9-4-10-20-27)26-29(31)22-13-7-3-8-14-22/h2-3,5-8,11-18H,4,9-10,19-20H2,1H3. The molecule has 0 N–H and O–H groups in total. The van der Waals surface area contributed by atoms with Crippen LogP contribution in [0.15, 0.2) is 90.0 Å². The maximum atomic E-state index is 6.65. The lowest BCUT2D eigenvalue weighted by Crippen LogP contribution is -2.44. The summed E-state index contributed by atoms with van der Waals surface area (Å²) < 4.78 is 9.84. The number of piperidine rings is 1. The number of nitrogens with zero attached hydrogens (tertiary/aromatic N) is 4. The predicted octanol–water partition coefficient (Wildman–Crippen LogP) is 5.41. The molecule has 0 bridgehead atoms. The van der Waals surface area contributed by atoms with Crippen molar-refractivity contribution in [2.75, 3.05) is 29.6 Å². The number of benzene rings is 3. The number of anilines is 2. The molecule has 0 spiro atoms. The van der Waals surface area contributed by atoms with Crippen molar-refractivity contribution in [3.63, 3.8) is 0 Å². The second-order valence-corrected chi connectivity index (χ2v) is 11.9. The number of guanidine groups is 1. The first kappa shape index (κ1) is 21.0. The minimum Gasteiger partial charge on any atom is -0.497 e. The van der Waals surface area contributed by atoms with Crippen molar-refractivity contribution in [2.24, 2.45) is 5.10 Å². The summed E-state index contributed by atoms with van der Waals surface area (Å²) in [5.74, 6) is 1.78. The molecule has 0 radical (unpaired) electrons. The fraction of sp³-hybridized carbons (Fsp3) is 0.240. The van der Waals surface area contributed by atoms with Crippen molar-refractivity contribution in [3.8, 4) is 5.75 Å². The second kappa shape index (κ2) is 8.97. The Labute approximate surface area is 195 Å². The van der Waals surface area contributed by atoms with E-state index in [4.69, 9.17) is 21.6 Å². The first-order valence-electron chi connectivity index (χ1n) is 11.0. The van der Waals surface area contributed by atoms with E-state index in [1.165, 1.54) is 19.3 Å². The molecule has 7 heteroatoms. The highest BCUT2D eigenvalue weighted by Crippen LogP contribution is 2.60. The minimum absolute atomic E-state index is 0.823. The molecule has 2 aliphatic heterocycles. The summed E-state index contributed by atoms with van der Waals surface area (Å²) in [7, 11) is 1.69. The number of methoxy groups -OCH3 is 1. The lowest BCUT2D eigenvalue weighted by Gasteiger charge is -2.38. The quantitative estimate of drug-likeness (QED) is 0.484. The van der Waals surface area contributed by atoms with Crippen molar-refractivity contribution in [3.05, 3.63) is 84.9 Å². The number of para-hydroxylation sites is 2. The molecule has 5 nitrogen and oxygen atoms in total. The summed E-state index contributed by atoms with van der Waals surface area (Å²) in [6.45, 7) is 2.01. The summed E-state index contributed by atoms with van der Waals surface area (Å²) in [5.41, 5.74) is 2.09. The topological polar surface area (TPSA) is 31.3 Å². The van der Waals surface area contributed by atoms with E-state index in [0.717, 1.165) is 41.5 Å². The van der Waals surface area contributed by atoms with Gasteiger partial charge in [-0.05, 0) is 79.6 Å². The molecule has 2 aliphatic rings. The van der Waals surface area contributed by atoms with Crippen molar-refractivity contribution in [2.45, 2.75) is 19.3 Å². The van der Waals surface area contributed by atoms with Crippen molar-refractivity contribution < 1.29 is 4.74 Å². The van der Waals surface area contributed by atoms with Gasteiger partial charge >= 0.3 is 0 Å².